The van der Waals surface area contributed by atoms with Crippen molar-refractivity contribution in [2.75, 3.05) is 13.2 Å². The van der Waals surface area contributed by atoms with Crippen molar-refractivity contribution in [2.45, 2.75) is 84.3 Å². The van der Waals surface area contributed by atoms with Crippen molar-refractivity contribution in [3.8, 4) is 0 Å². The molecule has 2 nitrogen and oxygen atoms in total. The highest BCUT2D eigenvalue weighted by molar-refractivity contribution is 4.87. The molecule has 0 radical (unpaired) electrons. The molecule has 1 N–H and O–H groups in total. The van der Waals surface area contributed by atoms with Gasteiger partial charge >= 0.3 is 0 Å². The number of ether oxygens (including phenoxy) is 1. The molecule has 1 saturated carbocycles. The first-order valence-corrected chi connectivity index (χ1v) is 7.95. The van der Waals surface area contributed by atoms with Crippen LogP contribution < -0.4 is 5.32 Å². The third-order valence-electron chi connectivity index (χ3n) is 4.05. The number of hydrogen-bond acceptors (Lipinski definition) is 2. The first-order chi connectivity index (χ1) is 8.58. The molecule has 0 amide bonds. The van der Waals surface area contributed by atoms with Crippen molar-refractivity contribution < 1.29 is 4.74 Å². The summed E-state index contributed by atoms with van der Waals surface area (Å²) in [4.78, 5) is 0. The van der Waals surface area contributed by atoms with E-state index in [1.165, 1.54) is 44.9 Å². The van der Waals surface area contributed by atoms with Crippen LogP contribution in [-0.2, 0) is 4.74 Å². The van der Waals surface area contributed by atoms with Crippen LogP contribution in [0, 0.1) is 5.92 Å². The Labute approximate surface area is 114 Å². The summed E-state index contributed by atoms with van der Waals surface area (Å²) < 4.78 is 6.37. The average molecular weight is 255 g/mol. The lowest BCUT2D eigenvalue weighted by atomic mass is 9.84. The Bertz CT molecular complexity index is 209. The van der Waals surface area contributed by atoms with Gasteiger partial charge in [-0.3, -0.25) is 0 Å². The minimum absolute atomic E-state index is 0.129. The highest BCUT2D eigenvalue weighted by Crippen LogP contribution is 2.32. The monoisotopic (exact) mass is 255 g/mol. The molecule has 0 saturated heterocycles. The molecular weight excluding hydrogens is 222 g/mol. The summed E-state index contributed by atoms with van der Waals surface area (Å²) in [6.45, 7) is 11.0. The minimum Gasteiger partial charge on any atom is -0.373 e. The molecule has 1 unspecified atom stereocenters. The van der Waals surface area contributed by atoms with Crippen LogP contribution in [0.3, 0.4) is 0 Å². The van der Waals surface area contributed by atoms with E-state index in [0.717, 1.165) is 13.2 Å². The van der Waals surface area contributed by atoms with Crippen molar-refractivity contribution in [3.63, 3.8) is 0 Å². The van der Waals surface area contributed by atoms with Crippen molar-refractivity contribution in [3.05, 3.63) is 0 Å². The summed E-state index contributed by atoms with van der Waals surface area (Å²) in [5.41, 5.74) is 0.129. The van der Waals surface area contributed by atoms with Gasteiger partial charge < -0.3 is 10.1 Å². The van der Waals surface area contributed by atoms with Crippen molar-refractivity contribution >= 4 is 0 Å². The van der Waals surface area contributed by atoms with Gasteiger partial charge in [0.1, 0.15) is 0 Å². The maximum atomic E-state index is 6.37. The van der Waals surface area contributed by atoms with E-state index < -0.39 is 0 Å². The van der Waals surface area contributed by atoms with Gasteiger partial charge in [0.25, 0.3) is 0 Å². The molecule has 2 heteroatoms. The second-order valence-corrected chi connectivity index (χ2v) is 6.48. The van der Waals surface area contributed by atoms with Crippen LogP contribution in [0.2, 0.25) is 0 Å². The van der Waals surface area contributed by atoms with Crippen LogP contribution in [-0.4, -0.2) is 24.8 Å². The van der Waals surface area contributed by atoms with E-state index >= 15 is 0 Å². The first kappa shape index (κ1) is 16.0. The molecular formula is C16H33NO. The molecule has 0 heterocycles. The highest BCUT2D eigenvalue weighted by atomic mass is 16.5. The Hall–Kier alpha value is -0.0800. The summed E-state index contributed by atoms with van der Waals surface area (Å²) in [6.07, 6.45) is 9.09. The van der Waals surface area contributed by atoms with Gasteiger partial charge in [-0.15, -0.1) is 0 Å². The van der Waals surface area contributed by atoms with Crippen LogP contribution in [0.25, 0.3) is 0 Å². The van der Waals surface area contributed by atoms with Gasteiger partial charge in [-0.1, -0.05) is 53.4 Å². The average Bonchev–Trinajstić information content (AvgIpc) is 2.36. The molecule has 1 fully saturated rings. The topological polar surface area (TPSA) is 21.3 Å². The zero-order chi connectivity index (χ0) is 13.4. The Morgan fingerprint density at radius 1 is 1.11 bits per heavy atom. The van der Waals surface area contributed by atoms with Gasteiger partial charge in [-0.25, -0.2) is 0 Å². The Balaban J connectivity index is 2.43. The van der Waals surface area contributed by atoms with Gasteiger partial charge in [0, 0.05) is 19.2 Å². The summed E-state index contributed by atoms with van der Waals surface area (Å²) in [7, 11) is 0. The largest absolute Gasteiger partial charge is 0.373 e. The van der Waals surface area contributed by atoms with Crippen molar-refractivity contribution in [2.24, 2.45) is 5.92 Å². The maximum absolute atomic E-state index is 6.37. The van der Waals surface area contributed by atoms with Gasteiger partial charge in [0.15, 0.2) is 0 Å². The van der Waals surface area contributed by atoms with Crippen LogP contribution in [0.1, 0.15) is 72.6 Å². The predicted octanol–water partition coefficient (Wildman–Crippen LogP) is 4.14. The molecule has 0 aromatic carbocycles. The zero-order valence-corrected chi connectivity index (χ0v) is 12.9. The lowest BCUT2D eigenvalue weighted by Gasteiger charge is -2.39. The van der Waals surface area contributed by atoms with Crippen molar-refractivity contribution in [1.82, 2.24) is 5.32 Å². The lowest BCUT2D eigenvalue weighted by Crippen LogP contribution is -2.47. The molecule has 0 aromatic rings. The molecule has 108 valence electrons. The summed E-state index contributed by atoms with van der Waals surface area (Å²) in [5, 5.41) is 3.59. The number of rotatable bonds is 8. The van der Waals surface area contributed by atoms with E-state index in [1.54, 1.807) is 0 Å². The second kappa shape index (κ2) is 8.16. The predicted molar refractivity (Wildman–Crippen MR) is 79.0 cm³/mol. The fourth-order valence-electron chi connectivity index (χ4n) is 2.85. The minimum atomic E-state index is 0.129. The molecule has 18 heavy (non-hydrogen) atoms. The first-order valence-electron chi connectivity index (χ1n) is 7.95. The highest BCUT2D eigenvalue weighted by Gasteiger charge is 2.33. The third kappa shape index (κ3) is 5.71. The second-order valence-electron chi connectivity index (χ2n) is 6.48. The van der Waals surface area contributed by atoms with Crippen molar-refractivity contribution in [1.29, 1.82) is 0 Å². The SMILES string of the molecule is CCCC(C)COC1(CNC(C)C)CCCCC1. The smallest absolute Gasteiger partial charge is 0.0806 e. The molecule has 0 aromatic heterocycles. The summed E-state index contributed by atoms with van der Waals surface area (Å²) in [5.74, 6) is 0.702. The fraction of sp³-hybridized carbons (Fsp3) is 1.00. The zero-order valence-electron chi connectivity index (χ0n) is 12.9. The molecule has 1 atom stereocenters. The molecule has 1 aliphatic carbocycles. The molecule has 0 aliphatic heterocycles. The van der Waals surface area contributed by atoms with E-state index in [2.05, 4.69) is 33.0 Å². The normalized spacial score (nSPS) is 21.2. The number of nitrogens with one attached hydrogen (secondary N) is 1. The quantitative estimate of drug-likeness (QED) is 0.704. The van der Waals surface area contributed by atoms with Gasteiger partial charge in [0.2, 0.25) is 0 Å². The fourth-order valence-corrected chi connectivity index (χ4v) is 2.85. The third-order valence-corrected chi connectivity index (χ3v) is 4.05. The van der Waals surface area contributed by atoms with Crippen LogP contribution >= 0.6 is 0 Å². The molecule has 1 rings (SSSR count). The van der Waals surface area contributed by atoms with E-state index in [-0.39, 0.29) is 5.60 Å². The van der Waals surface area contributed by atoms with E-state index in [1.807, 2.05) is 0 Å². The van der Waals surface area contributed by atoms with E-state index in [4.69, 9.17) is 4.74 Å². The maximum Gasteiger partial charge on any atom is 0.0806 e. The summed E-state index contributed by atoms with van der Waals surface area (Å²) in [6, 6.07) is 0.556. The summed E-state index contributed by atoms with van der Waals surface area (Å²) >= 11 is 0. The standard InChI is InChI=1S/C16H33NO/c1-5-9-15(4)12-18-16(13-17-14(2)3)10-7-6-8-11-16/h14-15,17H,5-13H2,1-4H3. The van der Waals surface area contributed by atoms with Crippen LogP contribution in [0.4, 0.5) is 0 Å². The van der Waals surface area contributed by atoms with Crippen LogP contribution in [0.5, 0.6) is 0 Å². The van der Waals surface area contributed by atoms with Crippen LogP contribution in [0.15, 0.2) is 0 Å². The van der Waals surface area contributed by atoms with E-state index in [9.17, 15) is 0 Å². The molecule has 0 bridgehead atoms. The molecule has 0 spiro atoms. The lowest BCUT2D eigenvalue weighted by molar-refractivity contribution is -0.0814. The number of hydrogen-bond donors (Lipinski definition) is 1. The Morgan fingerprint density at radius 2 is 1.78 bits per heavy atom. The van der Waals surface area contributed by atoms with E-state index in [0.29, 0.717) is 12.0 Å². The molecule has 1 aliphatic rings. The van der Waals surface area contributed by atoms with Gasteiger partial charge in [0.05, 0.1) is 5.60 Å². The van der Waals surface area contributed by atoms with Gasteiger partial charge in [-0.2, -0.15) is 0 Å². The Kier molecular flexibility index (Phi) is 7.25. The Morgan fingerprint density at radius 3 is 2.33 bits per heavy atom. The van der Waals surface area contributed by atoms with Gasteiger partial charge in [-0.05, 0) is 25.2 Å².